The number of hydrogen-bond donors (Lipinski definition) is 0. The van der Waals surface area contributed by atoms with Crippen LogP contribution in [0.15, 0.2) is 24.3 Å². The predicted molar refractivity (Wildman–Crippen MR) is 71.9 cm³/mol. The smallest absolute Gasteiger partial charge is 0.146 e. The molecule has 0 aromatic heterocycles. The molecule has 1 rings (SSSR count). The van der Waals surface area contributed by atoms with Gasteiger partial charge in [0, 0.05) is 18.9 Å². The molecule has 1 nitrogen and oxygen atoms in total. The summed E-state index contributed by atoms with van der Waals surface area (Å²) in [5.41, 5.74) is 0.685. The number of nitrogens with zero attached hydrogens (tertiary/aromatic N) is 1. The van der Waals surface area contributed by atoms with Gasteiger partial charge in [-0.2, -0.15) is 0 Å². The van der Waals surface area contributed by atoms with E-state index in [0.29, 0.717) is 11.6 Å². The molecule has 0 radical (unpaired) electrons. The molecule has 1 aromatic rings. The lowest BCUT2D eigenvalue weighted by molar-refractivity contribution is 0.529. The average molecular weight is 288 g/mol. The van der Waals surface area contributed by atoms with Gasteiger partial charge in [-0.15, -0.1) is 0 Å². The highest BCUT2D eigenvalue weighted by molar-refractivity contribution is 9.09. The Morgan fingerprint density at radius 2 is 2.06 bits per heavy atom. The Kier molecular flexibility index (Phi) is 5.81. The van der Waals surface area contributed by atoms with Crippen molar-refractivity contribution in [1.82, 2.24) is 0 Å². The lowest BCUT2D eigenvalue weighted by Crippen LogP contribution is -2.26. The van der Waals surface area contributed by atoms with Gasteiger partial charge in [-0.25, -0.2) is 4.39 Å². The number of anilines is 1. The highest BCUT2D eigenvalue weighted by Crippen LogP contribution is 2.20. The average Bonchev–Trinajstić information content (AvgIpc) is 2.28. The van der Waals surface area contributed by atoms with Crippen molar-refractivity contribution in [3.05, 3.63) is 30.1 Å². The monoisotopic (exact) mass is 287 g/mol. The summed E-state index contributed by atoms with van der Waals surface area (Å²) in [6.07, 6.45) is 2.34. The van der Waals surface area contributed by atoms with Crippen LogP contribution in [-0.4, -0.2) is 18.9 Å². The summed E-state index contributed by atoms with van der Waals surface area (Å²) in [5.74, 6) is 0.435. The van der Waals surface area contributed by atoms with Crippen molar-refractivity contribution in [1.29, 1.82) is 0 Å². The van der Waals surface area contributed by atoms with Gasteiger partial charge in [0.15, 0.2) is 0 Å². The fraction of sp³-hybridized carbons (Fsp3) is 0.538. The third kappa shape index (κ3) is 3.78. The van der Waals surface area contributed by atoms with Gasteiger partial charge in [-0.1, -0.05) is 41.4 Å². The van der Waals surface area contributed by atoms with Crippen molar-refractivity contribution < 1.29 is 4.39 Å². The number of alkyl halides is 1. The highest BCUT2D eigenvalue weighted by Gasteiger charge is 2.12. The van der Waals surface area contributed by atoms with Crippen LogP contribution in [0.2, 0.25) is 0 Å². The van der Waals surface area contributed by atoms with Gasteiger partial charge >= 0.3 is 0 Å². The van der Waals surface area contributed by atoms with E-state index in [2.05, 4.69) is 22.9 Å². The van der Waals surface area contributed by atoms with Crippen LogP contribution >= 0.6 is 15.9 Å². The van der Waals surface area contributed by atoms with E-state index in [1.54, 1.807) is 6.07 Å². The summed E-state index contributed by atoms with van der Waals surface area (Å²) >= 11 is 3.52. The SMILES string of the molecule is CCCC(CBr)CN(C)c1ccccc1F. The lowest BCUT2D eigenvalue weighted by atomic mass is 10.1. The molecule has 1 aromatic carbocycles. The molecule has 3 heteroatoms. The third-order valence-corrected chi connectivity index (χ3v) is 3.63. The second-order valence-electron chi connectivity index (χ2n) is 4.14. The van der Waals surface area contributed by atoms with Gasteiger partial charge in [0.05, 0.1) is 5.69 Å². The van der Waals surface area contributed by atoms with Crippen LogP contribution in [0.3, 0.4) is 0 Å². The first-order chi connectivity index (χ1) is 7.69. The molecule has 0 aliphatic rings. The summed E-state index contributed by atoms with van der Waals surface area (Å²) in [5, 5.41) is 0.972. The summed E-state index contributed by atoms with van der Waals surface area (Å²) in [7, 11) is 1.95. The van der Waals surface area contributed by atoms with Crippen molar-refractivity contribution in [3.63, 3.8) is 0 Å². The fourth-order valence-corrected chi connectivity index (χ4v) is 2.40. The molecule has 1 atom stereocenters. The minimum atomic E-state index is -0.144. The van der Waals surface area contributed by atoms with E-state index in [0.717, 1.165) is 11.9 Å². The van der Waals surface area contributed by atoms with Crippen molar-refractivity contribution >= 4 is 21.6 Å². The predicted octanol–water partition coefficient (Wildman–Crippen LogP) is 4.07. The van der Waals surface area contributed by atoms with Gasteiger partial charge < -0.3 is 4.90 Å². The molecule has 0 fully saturated rings. The Morgan fingerprint density at radius 1 is 1.38 bits per heavy atom. The molecular formula is C13H19BrFN. The van der Waals surface area contributed by atoms with E-state index in [9.17, 15) is 4.39 Å². The van der Waals surface area contributed by atoms with Gasteiger partial charge in [-0.3, -0.25) is 0 Å². The molecule has 0 spiro atoms. The van der Waals surface area contributed by atoms with Crippen LogP contribution in [0.1, 0.15) is 19.8 Å². The largest absolute Gasteiger partial charge is 0.372 e. The number of benzene rings is 1. The van der Waals surface area contributed by atoms with Crippen LogP contribution in [0, 0.1) is 11.7 Å². The van der Waals surface area contributed by atoms with E-state index in [4.69, 9.17) is 0 Å². The van der Waals surface area contributed by atoms with Crippen LogP contribution in [0.5, 0.6) is 0 Å². The maximum absolute atomic E-state index is 13.5. The molecule has 0 saturated carbocycles. The number of halogens is 2. The summed E-state index contributed by atoms with van der Waals surface area (Å²) in [6.45, 7) is 3.07. The Bertz CT molecular complexity index is 317. The molecule has 0 heterocycles. The van der Waals surface area contributed by atoms with Gasteiger partial charge in [-0.05, 0) is 24.5 Å². The Balaban J connectivity index is 2.64. The van der Waals surface area contributed by atoms with Crippen molar-refractivity contribution in [2.75, 3.05) is 23.8 Å². The lowest BCUT2D eigenvalue weighted by Gasteiger charge is -2.24. The molecule has 0 N–H and O–H groups in total. The zero-order valence-electron chi connectivity index (χ0n) is 9.92. The van der Waals surface area contributed by atoms with E-state index >= 15 is 0 Å². The third-order valence-electron chi connectivity index (χ3n) is 2.71. The molecular weight excluding hydrogens is 269 g/mol. The second kappa shape index (κ2) is 6.89. The first kappa shape index (κ1) is 13.5. The molecule has 0 saturated heterocycles. The maximum Gasteiger partial charge on any atom is 0.146 e. The molecule has 16 heavy (non-hydrogen) atoms. The zero-order chi connectivity index (χ0) is 12.0. The quantitative estimate of drug-likeness (QED) is 0.713. The molecule has 0 bridgehead atoms. The van der Waals surface area contributed by atoms with Gasteiger partial charge in [0.1, 0.15) is 5.82 Å². The minimum Gasteiger partial charge on any atom is -0.372 e. The highest BCUT2D eigenvalue weighted by atomic mass is 79.9. The van der Waals surface area contributed by atoms with Crippen LogP contribution < -0.4 is 4.90 Å². The van der Waals surface area contributed by atoms with Crippen LogP contribution in [-0.2, 0) is 0 Å². The summed E-state index contributed by atoms with van der Waals surface area (Å²) in [4.78, 5) is 2.00. The first-order valence-electron chi connectivity index (χ1n) is 5.70. The summed E-state index contributed by atoms with van der Waals surface area (Å²) in [6, 6.07) is 6.93. The fourth-order valence-electron chi connectivity index (χ4n) is 1.87. The molecule has 90 valence electrons. The topological polar surface area (TPSA) is 3.24 Å². The van der Waals surface area contributed by atoms with E-state index in [1.807, 2.05) is 24.1 Å². The van der Waals surface area contributed by atoms with Crippen molar-refractivity contribution in [2.45, 2.75) is 19.8 Å². The van der Waals surface area contributed by atoms with Crippen LogP contribution in [0.4, 0.5) is 10.1 Å². The van der Waals surface area contributed by atoms with Crippen molar-refractivity contribution in [3.8, 4) is 0 Å². The Labute approximate surface area is 106 Å². The molecule has 1 unspecified atom stereocenters. The van der Waals surface area contributed by atoms with Crippen LogP contribution in [0.25, 0.3) is 0 Å². The minimum absolute atomic E-state index is 0.144. The van der Waals surface area contributed by atoms with E-state index in [1.165, 1.54) is 18.9 Å². The molecule has 0 aliphatic heterocycles. The first-order valence-corrected chi connectivity index (χ1v) is 6.82. The standard InChI is InChI=1S/C13H19BrFN/c1-3-6-11(9-14)10-16(2)13-8-5-4-7-12(13)15/h4-5,7-8,11H,3,6,9-10H2,1-2H3. The summed E-state index contributed by atoms with van der Waals surface area (Å²) < 4.78 is 13.5. The van der Waals surface area contributed by atoms with E-state index in [-0.39, 0.29) is 5.82 Å². The molecule has 0 amide bonds. The number of hydrogen-bond acceptors (Lipinski definition) is 1. The van der Waals surface area contributed by atoms with Crippen molar-refractivity contribution in [2.24, 2.45) is 5.92 Å². The zero-order valence-corrected chi connectivity index (χ0v) is 11.5. The number of rotatable bonds is 6. The van der Waals surface area contributed by atoms with Gasteiger partial charge in [0.2, 0.25) is 0 Å². The maximum atomic E-state index is 13.5. The second-order valence-corrected chi connectivity index (χ2v) is 4.79. The van der Waals surface area contributed by atoms with Gasteiger partial charge in [0.25, 0.3) is 0 Å². The Hall–Kier alpha value is -0.570. The normalized spacial score (nSPS) is 12.5. The number of para-hydroxylation sites is 1. The van der Waals surface area contributed by atoms with E-state index < -0.39 is 0 Å². The Morgan fingerprint density at radius 3 is 2.62 bits per heavy atom. The molecule has 0 aliphatic carbocycles.